The molecule has 1 aromatic heterocycles. The molecule has 1 fully saturated rings. The zero-order valence-electron chi connectivity index (χ0n) is 14.0. The van der Waals surface area contributed by atoms with Crippen LogP contribution in [0.25, 0.3) is 0 Å². The minimum Gasteiger partial charge on any atom is -0.468 e. The van der Waals surface area contributed by atoms with E-state index in [2.05, 4.69) is 37.1 Å². The molecule has 2 rings (SSSR count). The van der Waals surface area contributed by atoms with Crippen LogP contribution in [0.2, 0.25) is 0 Å². The van der Waals surface area contributed by atoms with Crippen LogP contribution in [0, 0.1) is 5.92 Å². The van der Waals surface area contributed by atoms with Gasteiger partial charge in [-0.3, -0.25) is 4.90 Å². The summed E-state index contributed by atoms with van der Waals surface area (Å²) in [5.41, 5.74) is 1.37. The first-order valence-electron chi connectivity index (χ1n) is 8.70. The summed E-state index contributed by atoms with van der Waals surface area (Å²) in [5.74, 6) is 1.80. The molecule has 0 aliphatic carbocycles. The quantitative estimate of drug-likeness (QED) is 0.779. The average molecular weight is 292 g/mol. The van der Waals surface area contributed by atoms with Crippen molar-refractivity contribution in [1.29, 1.82) is 0 Å². The summed E-state index contributed by atoms with van der Waals surface area (Å²) in [6.07, 6.45) is 8.58. The molecule has 120 valence electrons. The van der Waals surface area contributed by atoms with Gasteiger partial charge in [-0.1, -0.05) is 33.6 Å². The highest BCUT2D eigenvalue weighted by Gasteiger charge is 2.22. The van der Waals surface area contributed by atoms with E-state index in [1.54, 1.807) is 0 Å². The first-order chi connectivity index (χ1) is 10.2. The molecule has 1 N–H and O–H groups in total. The maximum absolute atomic E-state index is 5.69. The fourth-order valence-corrected chi connectivity index (χ4v) is 3.28. The summed E-state index contributed by atoms with van der Waals surface area (Å²) in [5, 5.41) is 3.49. The zero-order chi connectivity index (χ0) is 15.1. The Morgan fingerprint density at radius 3 is 3.00 bits per heavy atom. The number of hydrogen-bond donors (Lipinski definition) is 1. The monoisotopic (exact) mass is 292 g/mol. The molecule has 1 aliphatic rings. The SMILES string of the molecule is CCCC1CCCCN1Cc1ccoc1CNCC(C)C. The van der Waals surface area contributed by atoms with Crippen LogP contribution in [0.5, 0.6) is 0 Å². The molecule has 1 atom stereocenters. The summed E-state index contributed by atoms with van der Waals surface area (Å²) in [6, 6.07) is 2.93. The summed E-state index contributed by atoms with van der Waals surface area (Å²) >= 11 is 0. The van der Waals surface area contributed by atoms with E-state index in [0.29, 0.717) is 5.92 Å². The fraction of sp³-hybridized carbons (Fsp3) is 0.778. The third kappa shape index (κ3) is 5.15. The number of furan rings is 1. The predicted molar refractivity (Wildman–Crippen MR) is 88.2 cm³/mol. The van der Waals surface area contributed by atoms with Gasteiger partial charge in [0.05, 0.1) is 12.8 Å². The van der Waals surface area contributed by atoms with E-state index in [1.807, 2.05) is 6.26 Å². The van der Waals surface area contributed by atoms with Crippen molar-refractivity contribution in [2.24, 2.45) is 5.92 Å². The molecule has 0 bridgehead atoms. The number of rotatable bonds is 8. The zero-order valence-corrected chi connectivity index (χ0v) is 14.0. The van der Waals surface area contributed by atoms with Crippen LogP contribution in [-0.4, -0.2) is 24.0 Å². The maximum atomic E-state index is 5.69. The van der Waals surface area contributed by atoms with Crippen molar-refractivity contribution >= 4 is 0 Å². The summed E-state index contributed by atoms with van der Waals surface area (Å²) in [4.78, 5) is 2.67. The second-order valence-electron chi connectivity index (χ2n) is 6.80. The van der Waals surface area contributed by atoms with Gasteiger partial charge in [0.25, 0.3) is 0 Å². The van der Waals surface area contributed by atoms with Gasteiger partial charge in [0.1, 0.15) is 5.76 Å². The first-order valence-corrected chi connectivity index (χ1v) is 8.70. The molecule has 0 aromatic carbocycles. The second kappa shape index (κ2) is 8.60. The molecule has 0 saturated carbocycles. The molecular formula is C18H32N2O. The Labute approximate surface area is 130 Å². The Kier molecular flexibility index (Phi) is 6.78. The van der Waals surface area contributed by atoms with Gasteiger partial charge >= 0.3 is 0 Å². The fourth-order valence-electron chi connectivity index (χ4n) is 3.28. The number of nitrogens with one attached hydrogen (secondary N) is 1. The molecule has 1 aromatic rings. The Hall–Kier alpha value is -0.800. The van der Waals surface area contributed by atoms with Gasteiger partial charge in [-0.15, -0.1) is 0 Å². The lowest BCUT2D eigenvalue weighted by molar-refractivity contribution is 0.130. The number of piperidine rings is 1. The lowest BCUT2D eigenvalue weighted by atomic mass is 9.97. The third-order valence-corrected chi connectivity index (χ3v) is 4.42. The topological polar surface area (TPSA) is 28.4 Å². The van der Waals surface area contributed by atoms with Crippen molar-refractivity contribution in [3.8, 4) is 0 Å². The van der Waals surface area contributed by atoms with E-state index in [0.717, 1.165) is 31.4 Å². The Morgan fingerprint density at radius 2 is 2.24 bits per heavy atom. The number of hydrogen-bond acceptors (Lipinski definition) is 3. The molecule has 1 unspecified atom stereocenters. The van der Waals surface area contributed by atoms with E-state index >= 15 is 0 Å². The number of nitrogens with zero attached hydrogens (tertiary/aromatic N) is 1. The highest BCUT2D eigenvalue weighted by Crippen LogP contribution is 2.24. The van der Waals surface area contributed by atoms with Gasteiger partial charge in [-0.05, 0) is 44.3 Å². The van der Waals surface area contributed by atoms with E-state index in [4.69, 9.17) is 4.42 Å². The lowest BCUT2D eigenvalue weighted by Crippen LogP contribution is -2.39. The van der Waals surface area contributed by atoms with E-state index in [-0.39, 0.29) is 0 Å². The first kappa shape index (κ1) is 16.6. The lowest BCUT2D eigenvalue weighted by Gasteiger charge is -2.35. The highest BCUT2D eigenvalue weighted by atomic mass is 16.3. The minimum absolute atomic E-state index is 0.680. The summed E-state index contributed by atoms with van der Waals surface area (Å²) < 4.78 is 5.69. The molecule has 0 spiro atoms. The van der Waals surface area contributed by atoms with Crippen molar-refractivity contribution in [2.45, 2.75) is 72.0 Å². The third-order valence-electron chi connectivity index (χ3n) is 4.42. The van der Waals surface area contributed by atoms with Crippen LogP contribution >= 0.6 is 0 Å². The average Bonchev–Trinajstić information content (AvgIpc) is 2.88. The minimum atomic E-state index is 0.680. The van der Waals surface area contributed by atoms with Crippen molar-refractivity contribution in [3.63, 3.8) is 0 Å². The van der Waals surface area contributed by atoms with Crippen molar-refractivity contribution in [1.82, 2.24) is 10.2 Å². The normalized spacial score (nSPS) is 20.3. The molecular weight excluding hydrogens is 260 g/mol. The van der Waals surface area contributed by atoms with Crippen LogP contribution < -0.4 is 5.32 Å². The Morgan fingerprint density at radius 1 is 1.38 bits per heavy atom. The number of likely N-dealkylation sites (tertiary alicyclic amines) is 1. The highest BCUT2D eigenvalue weighted by molar-refractivity contribution is 5.17. The molecule has 1 aliphatic heterocycles. The molecule has 3 nitrogen and oxygen atoms in total. The van der Waals surface area contributed by atoms with E-state index in [1.165, 1.54) is 44.2 Å². The van der Waals surface area contributed by atoms with Gasteiger partial charge < -0.3 is 9.73 Å². The molecule has 0 radical (unpaired) electrons. The smallest absolute Gasteiger partial charge is 0.122 e. The van der Waals surface area contributed by atoms with Gasteiger partial charge in [-0.25, -0.2) is 0 Å². The van der Waals surface area contributed by atoms with Gasteiger partial charge in [0.15, 0.2) is 0 Å². The second-order valence-corrected chi connectivity index (χ2v) is 6.80. The predicted octanol–water partition coefficient (Wildman–Crippen LogP) is 4.18. The molecule has 21 heavy (non-hydrogen) atoms. The van der Waals surface area contributed by atoms with Gasteiger partial charge in [0, 0.05) is 18.2 Å². The van der Waals surface area contributed by atoms with Crippen molar-refractivity contribution < 1.29 is 4.42 Å². The maximum Gasteiger partial charge on any atom is 0.122 e. The van der Waals surface area contributed by atoms with Gasteiger partial charge in [-0.2, -0.15) is 0 Å². The molecule has 3 heteroatoms. The largest absolute Gasteiger partial charge is 0.468 e. The van der Waals surface area contributed by atoms with Crippen LogP contribution in [0.4, 0.5) is 0 Å². The Bertz CT molecular complexity index is 398. The molecule has 1 saturated heterocycles. The summed E-state index contributed by atoms with van der Waals surface area (Å²) in [6.45, 7) is 11.0. The van der Waals surface area contributed by atoms with Gasteiger partial charge in [0.2, 0.25) is 0 Å². The van der Waals surface area contributed by atoms with Crippen LogP contribution in [0.15, 0.2) is 16.7 Å². The van der Waals surface area contributed by atoms with Crippen LogP contribution in [0.1, 0.15) is 64.2 Å². The van der Waals surface area contributed by atoms with Crippen LogP contribution in [0.3, 0.4) is 0 Å². The molecule has 0 amide bonds. The van der Waals surface area contributed by atoms with Crippen molar-refractivity contribution in [3.05, 3.63) is 23.7 Å². The van der Waals surface area contributed by atoms with Crippen LogP contribution in [-0.2, 0) is 13.1 Å². The molecule has 2 heterocycles. The standard InChI is InChI=1S/C18H32N2O/c1-4-7-17-8-5-6-10-20(17)14-16-9-11-21-18(16)13-19-12-15(2)3/h9,11,15,17,19H,4-8,10,12-14H2,1-3H3. The Balaban J connectivity index is 1.90. The van der Waals surface area contributed by atoms with Crippen molar-refractivity contribution in [2.75, 3.05) is 13.1 Å². The van der Waals surface area contributed by atoms with E-state index < -0.39 is 0 Å². The van der Waals surface area contributed by atoms with E-state index in [9.17, 15) is 0 Å². The summed E-state index contributed by atoms with van der Waals surface area (Å²) in [7, 11) is 0.